The molecule has 4 nitrogen and oxygen atoms in total. The van der Waals surface area contributed by atoms with Gasteiger partial charge in [0.05, 0.1) is 11.6 Å². The van der Waals surface area contributed by atoms with Gasteiger partial charge in [0.1, 0.15) is 5.76 Å². The molecular formula is C12H15NO3. The lowest BCUT2D eigenvalue weighted by molar-refractivity contribution is 0.0659. The van der Waals surface area contributed by atoms with Gasteiger partial charge in [0.25, 0.3) is 0 Å². The van der Waals surface area contributed by atoms with Gasteiger partial charge in [-0.15, -0.1) is 6.42 Å². The summed E-state index contributed by atoms with van der Waals surface area (Å²) in [5.74, 6) is 2.02. The largest absolute Gasteiger partial charge is 0.475 e. The second-order valence-electron chi connectivity index (χ2n) is 4.14. The lowest BCUT2D eigenvalue weighted by Crippen LogP contribution is -2.39. The molecule has 0 fully saturated rings. The van der Waals surface area contributed by atoms with Gasteiger partial charge >= 0.3 is 5.97 Å². The van der Waals surface area contributed by atoms with Crippen molar-refractivity contribution in [3.8, 4) is 12.3 Å². The van der Waals surface area contributed by atoms with Crippen LogP contribution in [0.1, 0.15) is 43.1 Å². The summed E-state index contributed by atoms with van der Waals surface area (Å²) in [4.78, 5) is 10.6. The molecule has 1 rings (SSSR count). The molecule has 1 atom stereocenters. The summed E-state index contributed by atoms with van der Waals surface area (Å²) in [6.07, 6.45) is 5.35. The van der Waals surface area contributed by atoms with Crippen LogP contribution in [0, 0.1) is 12.3 Å². The van der Waals surface area contributed by atoms with E-state index in [0.717, 1.165) is 0 Å². The molecule has 1 aromatic heterocycles. The molecule has 0 radical (unpaired) electrons. The molecule has 0 aliphatic heterocycles. The van der Waals surface area contributed by atoms with Crippen molar-refractivity contribution < 1.29 is 14.3 Å². The Morgan fingerprint density at radius 2 is 2.25 bits per heavy atom. The Bertz CT molecular complexity index is 426. The Morgan fingerprint density at radius 3 is 2.69 bits per heavy atom. The van der Waals surface area contributed by atoms with E-state index in [2.05, 4.69) is 11.2 Å². The molecule has 0 aliphatic rings. The molecule has 0 saturated carbocycles. The first-order valence-electron chi connectivity index (χ1n) is 4.94. The third kappa shape index (κ3) is 2.88. The van der Waals surface area contributed by atoms with Crippen molar-refractivity contribution in [2.24, 2.45) is 0 Å². The van der Waals surface area contributed by atoms with Gasteiger partial charge in [0, 0.05) is 0 Å². The van der Waals surface area contributed by atoms with Crippen molar-refractivity contribution in [2.45, 2.75) is 32.4 Å². The third-order valence-electron chi connectivity index (χ3n) is 2.20. The number of aromatic carboxylic acids is 1. The van der Waals surface area contributed by atoms with Crippen LogP contribution in [0.2, 0.25) is 0 Å². The van der Waals surface area contributed by atoms with Crippen molar-refractivity contribution in [3.63, 3.8) is 0 Å². The van der Waals surface area contributed by atoms with Crippen LogP contribution in [0.4, 0.5) is 0 Å². The van der Waals surface area contributed by atoms with Crippen molar-refractivity contribution in [2.75, 3.05) is 0 Å². The number of nitrogens with one attached hydrogen (secondary N) is 1. The fraction of sp³-hybridized carbons (Fsp3) is 0.417. The number of hydrogen-bond donors (Lipinski definition) is 2. The van der Waals surface area contributed by atoms with Crippen LogP contribution in [-0.2, 0) is 0 Å². The van der Waals surface area contributed by atoms with Gasteiger partial charge in [-0.1, -0.05) is 5.92 Å². The van der Waals surface area contributed by atoms with E-state index >= 15 is 0 Å². The second kappa shape index (κ2) is 4.42. The average Bonchev–Trinajstić information content (AvgIpc) is 2.66. The van der Waals surface area contributed by atoms with Crippen LogP contribution in [0.15, 0.2) is 16.5 Å². The molecule has 0 amide bonds. The summed E-state index contributed by atoms with van der Waals surface area (Å²) in [6, 6.07) is 2.92. The van der Waals surface area contributed by atoms with Gasteiger partial charge in [-0.25, -0.2) is 4.79 Å². The minimum absolute atomic E-state index is 0.0674. The number of carboxylic acids is 1. The molecule has 1 unspecified atom stereocenters. The lowest BCUT2D eigenvalue weighted by atomic mass is 10.1. The maximum Gasteiger partial charge on any atom is 0.371 e. The van der Waals surface area contributed by atoms with Gasteiger partial charge in [0.2, 0.25) is 5.76 Å². The summed E-state index contributed by atoms with van der Waals surface area (Å²) < 4.78 is 5.17. The Labute approximate surface area is 94.7 Å². The van der Waals surface area contributed by atoms with E-state index in [1.54, 1.807) is 6.07 Å². The van der Waals surface area contributed by atoms with E-state index in [-0.39, 0.29) is 11.8 Å². The van der Waals surface area contributed by atoms with E-state index in [4.69, 9.17) is 15.9 Å². The molecular weight excluding hydrogens is 206 g/mol. The van der Waals surface area contributed by atoms with Gasteiger partial charge in [0.15, 0.2) is 0 Å². The summed E-state index contributed by atoms with van der Waals surface area (Å²) >= 11 is 0. The molecule has 1 aromatic rings. The van der Waals surface area contributed by atoms with Crippen molar-refractivity contribution in [3.05, 3.63) is 23.7 Å². The summed E-state index contributed by atoms with van der Waals surface area (Å²) in [5.41, 5.74) is -0.463. The molecule has 2 N–H and O–H groups in total. The van der Waals surface area contributed by atoms with Crippen LogP contribution in [0.3, 0.4) is 0 Å². The molecule has 0 spiro atoms. The molecule has 1 heterocycles. The molecule has 16 heavy (non-hydrogen) atoms. The summed E-state index contributed by atoms with van der Waals surface area (Å²) in [7, 11) is 0. The Morgan fingerprint density at radius 1 is 1.62 bits per heavy atom. The highest BCUT2D eigenvalue weighted by atomic mass is 16.4. The second-order valence-corrected chi connectivity index (χ2v) is 4.14. The summed E-state index contributed by atoms with van der Waals surface area (Å²) in [5, 5.41) is 11.9. The number of carbonyl (C=O) groups is 1. The van der Waals surface area contributed by atoms with Gasteiger partial charge in [-0.05, 0) is 32.9 Å². The normalized spacial score (nSPS) is 13.1. The Kier molecular flexibility index (Phi) is 3.41. The number of furan rings is 1. The first-order valence-corrected chi connectivity index (χ1v) is 4.94. The SMILES string of the molecule is C#CC(C)(C)NC(C)c1ccc(C(=O)O)o1. The average molecular weight is 221 g/mol. The number of hydrogen-bond acceptors (Lipinski definition) is 3. The zero-order valence-electron chi connectivity index (χ0n) is 9.57. The van der Waals surface area contributed by atoms with E-state index < -0.39 is 11.5 Å². The molecule has 0 bridgehead atoms. The van der Waals surface area contributed by atoms with Crippen LogP contribution < -0.4 is 5.32 Å². The van der Waals surface area contributed by atoms with Gasteiger partial charge in [-0.3, -0.25) is 5.32 Å². The minimum Gasteiger partial charge on any atom is -0.475 e. The minimum atomic E-state index is -1.07. The van der Waals surface area contributed by atoms with Crippen LogP contribution >= 0.6 is 0 Å². The van der Waals surface area contributed by atoms with E-state index in [0.29, 0.717) is 5.76 Å². The van der Waals surface area contributed by atoms with Crippen LogP contribution in [0.5, 0.6) is 0 Å². The molecule has 0 aliphatic carbocycles. The highest BCUT2D eigenvalue weighted by Crippen LogP contribution is 2.18. The number of terminal acetylenes is 1. The monoisotopic (exact) mass is 221 g/mol. The predicted octanol–water partition coefficient (Wildman–Crippen LogP) is 2.04. The highest BCUT2D eigenvalue weighted by Gasteiger charge is 2.20. The number of carboxylic acid groups (broad SMARTS) is 1. The fourth-order valence-electron chi connectivity index (χ4n) is 1.35. The van der Waals surface area contributed by atoms with Gasteiger partial charge < -0.3 is 9.52 Å². The van der Waals surface area contributed by atoms with Crippen molar-refractivity contribution >= 4 is 5.97 Å². The maximum atomic E-state index is 10.6. The van der Waals surface area contributed by atoms with Crippen LogP contribution in [-0.4, -0.2) is 16.6 Å². The zero-order chi connectivity index (χ0) is 12.3. The quantitative estimate of drug-likeness (QED) is 0.764. The zero-order valence-corrected chi connectivity index (χ0v) is 9.57. The molecule has 0 aromatic carbocycles. The Hall–Kier alpha value is -1.73. The van der Waals surface area contributed by atoms with Crippen molar-refractivity contribution in [1.29, 1.82) is 0 Å². The van der Waals surface area contributed by atoms with E-state index in [1.807, 2.05) is 20.8 Å². The highest BCUT2D eigenvalue weighted by molar-refractivity contribution is 5.84. The van der Waals surface area contributed by atoms with Crippen molar-refractivity contribution in [1.82, 2.24) is 5.32 Å². The Balaban J connectivity index is 2.78. The lowest BCUT2D eigenvalue weighted by Gasteiger charge is -2.23. The standard InChI is InChI=1S/C12H15NO3/c1-5-12(3,4)13-8(2)9-6-7-10(16-9)11(14)15/h1,6-8,13H,2-4H3,(H,14,15). The summed E-state index contributed by atoms with van der Waals surface area (Å²) in [6.45, 7) is 5.60. The van der Waals surface area contributed by atoms with Gasteiger partial charge in [-0.2, -0.15) is 0 Å². The van der Waals surface area contributed by atoms with E-state index in [1.165, 1.54) is 6.07 Å². The van der Waals surface area contributed by atoms with Crippen LogP contribution in [0.25, 0.3) is 0 Å². The molecule has 86 valence electrons. The predicted molar refractivity (Wildman–Crippen MR) is 60.1 cm³/mol. The molecule has 0 saturated heterocycles. The smallest absolute Gasteiger partial charge is 0.371 e. The number of rotatable bonds is 4. The first kappa shape index (κ1) is 12.3. The van der Waals surface area contributed by atoms with E-state index in [9.17, 15) is 4.79 Å². The first-order chi connectivity index (χ1) is 7.35. The maximum absolute atomic E-state index is 10.6. The topological polar surface area (TPSA) is 62.5 Å². The third-order valence-corrected chi connectivity index (χ3v) is 2.20. The molecule has 4 heteroatoms. The fourth-order valence-corrected chi connectivity index (χ4v) is 1.35.